The molecule has 0 spiro atoms. The van der Waals surface area contributed by atoms with E-state index in [1.165, 1.54) is 0 Å². The number of hydrogen-bond acceptors (Lipinski definition) is 4. The molecule has 2 rings (SSSR count). The van der Waals surface area contributed by atoms with Gasteiger partial charge in [-0.1, -0.05) is 6.92 Å². The summed E-state index contributed by atoms with van der Waals surface area (Å²) in [7, 11) is 0. The Kier molecular flexibility index (Phi) is 2.49. The second-order valence-corrected chi connectivity index (χ2v) is 3.43. The van der Waals surface area contributed by atoms with E-state index in [1.54, 1.807) is 13.2 Å². The number of oxazole rings is 1. The van der Waals surface area contributed by atoms with Gasteiger partial charge in [-0.15, -0.1) is 0 Å². The molecule has 2 heterocycles. The van der Waals surface area contributed by atoms with Crippen molar-refractivity contribution in [1.29, 1.82) is 0 Å². The molecule has 0 fully saturated rings. The van der Waals surface area contributed by atoms with Crippen LogP contribution in [0.5, 0.6) is 0 Å². The van der Waals surface area contributed by atoms with E-state index < -0.39 is 0 Å². The number of aromatic nitrogens is 3. The third-order valence-electron chi connectivity index (χ3n) is 2.12. The first-order valence-electron chi connectivity index (χ1n) is 4.96. The lowest BCUT2D eigenvalue weighted by Crippen LogP contribution is -1.97. The quantitative estimate of drug-likeness (QED) is 0.751. The van der Waals surface area contributed by atoms with E-state index in [9.17, 15) is 0 Å². The minimum absolute atomic E-state index is 0.633. The number of hydrogen-bond donors (Lipinski definition) is 0. The van der Waals surface area contributed by atoms with E-state index in [2.05, 4.69) is 21.9 Å². The summed E-state index contributed by atoms with van der Waals surface area (Å²) >= 11 is 0. The van der Waals surface area contributed by atoms with Crippen molar-refractivity contribution in [2.45, 2.75) is 27.2 Å². The summed E-state index contributed by atoms with van der Waals surface area (Å²) in [4.78, 5) is 12.9. The van der Waals surface area contributed by atoms with Crippen LogP contribution < -0.4 is 0 Å². The molecule has 0 saturated carbocycles. The van der Waals surface area contributed by atoms with Crippen LogP contribution in [0.1, 0.15) is 24.2 Å². The first kappa shape index (κ1) is 9.83. The van der Waals surface area contributed by atoms with Gasteiger partial charge in [-0.25, -0.2) is 15.0 Å². The molecule has 0 N–H and O–H groups in total. The zero-order valence-electron chi connectivity index (χ0n) is 9.11. The summed E-state index contributed by atoms with van der Waals surface area (Å²) in [6.45, 7) is 5.83. The van der Waals surface area contributed by atoms with E-state index in [0.717, 1.165) is 17.8 Å². The van der Waals surface area contributed by atoms with Crippen molar-refractivity contribution in [2.75, 3.05) is 0 Å². The van der Waals surface area contributed by atoms with E-state index >= 15 is 0 Å². The molecule has 78 valence electrons. The normalized spacial score (nSPS) is 10.6. The third-order valence-corrected chi connectivity index (χ3v) is 2.12. The molecule has 0 aliphatic rings. The molecule has 2 aromatic heterocycles. The molecule has 4 heteroatoms. The molecular weight excluding hydrogens is 190 g/mol. The summed E-state index contributed by atoms with van der Waals surface area (Å²) in [6.07, 6.45) is 2.48. The maximum Gasteiger partial charge on any atom is 0.191 e. The van der Waals surface area contributed by atoms with E-state index in [1.807, 2.05) is 13.0 Å². The molecule has 2 aromatic rings. The predicted molar refractivity (Wildman–Crippen MR) is 56.4 cm³/mol. The van der Waals surface area contributed by atoms with Gasteiger partial charge in [0.15, 0.2) is 11.7 Å². The SMILES string of the molecule is CCc1cc(C)nc(-c2coc(C)n2)n1. The van der Waals surface area contributed by atoms with Gasteiger partial charge in [0.2, 0.25) is 0 Å². The van der Waals surface area contributed by atoms with Crippen LogP contribution in [-0.2, 0) is 6.42 Å². The van der Waals surface area contributed by atoms with E-state index in [0.29, 0.717) is 17.4 Å². The molecule has 0 atom stereocenters. The van der Waals surface area contributed by atoms with Crippen LogP contribution in [0.3, 0.4) is 0 Å². The second kappa shape index (κ2) is 3.81. The Hall–Kier alpha value is -1.71. The lowest BCUT2D eigenvalue weighted by Gasteiger charge is -2.00. The first-order chi connectivity index (χ1) is 7.19. The van der Waals surface area contributed by atoms with Crippen molar-refractivity contribution >= 4 is 0 Å². The van der Waals surface area contributed by atoms with Gasteiger partial charge in [-0.2, -0.15) is 0 Å². The molecule has 0 saturated heterocycles. The molecule has 0 aromatic carbocycles. The second-order valence-electron chi connectivity index (χ2n) is 3.43. The first-order valence-corrected chi connectivity index (χ1v) is 4.96. The molecule has 0 radical (unpaired) electrons. The fraction of sp³-hybridized carbons (Fsp3) is 0.364. The highest BCUT2D eigenvalue weighted by atomic mass is 16.3. The van der Waals surface area contributed by atoms with Crippen LogP contribution in [0.15, 0.2) is 16.7 Å². The van der Waals surface area contributed by atoms with Crippen LogP contribution >= 0.6 is 0 Å². The Morgan fingerprint density at radius 1 is 1.20 bits per heavy atom. The summed E-state index contributed by atoms with van der Waals surface area (Å²) in [5.41, 5.74) is 2.68. The van der Waals surface area contributed by atoms with Crippen molar-refractivity contribution in [3.8, 4) is 11.5 Å². The Morgan fingerprint density at radius 3 is 2.60 bits per heavy atom. The summed E-state index contributed by atoms with van der Waals surface area (Å²) in [6, 6.07) is 1.98. The van der Waals surface area contributed by atoms with Crippen molar-refractivity contribution < 1.29 is 4.42 Å². The van der Waals surface area contributed by atoms with Crippen LogP contribution in [0.4, 0.5) is 0 Å². The fourth-order valence-corrected chi connectivity index (χ4v) is 1.40. The minimum Gasteiger partial charge on any atom is -0.449 e. The third kappa shape index (κ3) is 2.03. The van der Waals surface area contributed by atoms with Gasteiger partial charge in [0.05, 0.1) is 0 Å². The number of nitrogens with zero attached hydrogens (tertiary/aromatic N) is 3. The topological polar surface area (TPSA) is 51.8 Å². The highest BCUT2D eigenvalue weighted by Crippen LogP contribution is 2.15. The van der Waals surface area contributed by atoms with Gasteiger partial charge in [0.1, 0.15) is 12.0 Å². The summed E-state index contributed by atoms with van der Waals surface area (Å²) in [5, 5.41) is 0. The fourth-order valence-electron chi connectivity index (χ4n) is 1.40. The van der Waals surface area contributed by atoms with Crippen molar-refractivity contribution in [3.63, 3.8) is 0 Å². The van der Waals surface area contributed by atoms with Crippen LogP contribution in [0.2, 0.25) is 0 Å². The molecule has 0 aliphatic carbocycles. The maximum atomic E-state index is 5.14. The highest BCUT2D eigenvalue weighted by Gasteiger charge is 2.08. The van der Waals surface area contributed by atoms with Gasteiger partial charge < -0.3 is 4.42 Å². The van der Waals surface area contributed by atoms with Crippen LogP contribution in [0.25, 0.3) is 11.5 Å². The number of aryl methyl sites for hydroxylation is 3. The van der Waals surface area contributed by atoms with Crippen LogP contribution in [0, 0.1) is 13.8 Å². The lowest BCUT2D eigenvalue weighted by molar-refractivity contribution is 0.521. The largest absolute Gasteiger partial charge is 0.449 e. The molecular formula is C11H13N3O. The van der Waals surface area contributed by atoms with Crippen LogP contribution in [-0.4, -0.2) is 15.0 Å². The lowest BCUT2D eigenvalue weighted by atomic mass is 10.2. The van der Waals surface area contributed by atoms with Gasteiger partial charge in [0.25, 0.3) is 0 Å². The Morgan fingerprint density at radius 2 is 2.00 bits per heavy atom. The summed E-state index contributed by atoms with van der Waals surface area (Å²) < 4.78 is 5.14. The number of rotatable bonds is 2. The summed E-state index contributed by atoms with van der Waals surface area (Å²) in [5.74, 6) is 1.27. The Balaban J connectivity index is 2.48. The molecule has 4 nitrogen and oxygen atoms in total. The van der Waals surface area contributed by atoms with Crippen molar-refractivity contribution in [3.05, 3.63) is 29.6 Å². The van der Waals surface area contributed by atoms with Crippen molar-refractivity contribution in [1.82, 2.24) is 15.0 Å². The zero-order valence-corrected chi connectivity index (χ0v) is 9.11. The highest BCUT2D eigenvalue weighted by molar-refractivity contribution is 5.47. The molecule has 15 heavy (non-hydrogen) atoms. The molecule has 0 unspecified atom stereocenters. The van der Waals surface area contributed by atoms with Crippen molar-refractivity contribution in [2.24, 2.45) is 0 Å². The average molecular weight is 203 g/mol. The molecule has 0 bridgehead atoms. The molecule has 0 amide bonds. The van der Waals surface area contributed by atoms with Gasteiger partial charge >= 0.3 is 0 Å². The predicted octanol–water partition coefficient (Wildman–Crippen LogP) is 2.31. The van der Waals surface area contributed by atoms with Gasteiger partial charge in [-0.3, -0.25) is 0 Å². The smallest absolute Gasteiger partial charge is 0.191 e. The molecule has 0 aliphatic heterocycles. The van der Waals surface area contributed by atoms with E-state index in [-0.39, 0.29) is 0 Å². The van der Waals surface area contributed by atoms with E-state index in [4.69, 9.17) is 4.42 Å². The average Bonchev–Trinajstić information content (AvgIpc) is 2.64. The Labute approximate surface area is 88.4 Å². The van der Waals surface area contributed by atoms with Gasteiger partial charge in [0, 0.05) is 18.3 Å². The Bertz CT molecular complexity index is 476. The standard InChI is InChI=1S/C11H13N3O/c1-4-9-5-7(2)12-11(14-9)10-6-15-8(3)13-10/h5-6H,4H2,1-3H3. The minimum atomic E-state index is 0.633. The monoisotopic (exact) mass is 203 g/mol. The zero-order chi connectivity index (χ0) is 10.8. The maximum absolute atomic E-state index is 5.14. The van der Waals surface area contributed by atoms with Gasteiger partial charge in [-0.05, 0) is 19.4 Å².